The summed E-state index contributed by atoms with van der Waals surface area (Å²) in [7, 11) is 0. The number of para-hydroxylation sites is 1. The summed E-state index contributed by atoms with van der Waals surface area (Å²) in [5.74, 6) is 0.0727. The number of hydrogen-bond acceptors (Lipinski definition) is 4. The van der Waals surface area contributed by atoms with Gasteiger partial charge in [-0.3, -0.25) is 0 Å². The Hall–Kier alpha value is -3.14. The summed E-state index contributed by atoms with van der Waals surface area (Å²) >= 11 is 0. The zero-order valence-electron chi connectivity index (χ0n) is 12.0. The lowest BCUT2D eigenvalue weighted by molar-refractivity contribution is 0.478. The predicted molar refractivity (Wildman–Crippen MR) is 92.0 cm³/mol. The number of rotatable bonds is 4. The maximum atomic E-state index is 9.65. The van der Waals surface area contributed by atoms with Crippen molar-refractivity contribution in [3.8, 4) is 5.75 Å². The first-order chi connectivity index (χ1) is 10.7. The summed E-state index contributed by atoms with van der Waals surface area (Å²) in [5, 5.41) is 16.2. The van der Waals surface area contributed by atoms with E-state index in [-0.39, 0.29) is 5.75 Å². The van der Waals surface area contributed by atoms with Gasteiger partial charge in [-0.2, -0.15) is 0 Å². The van der Waals surface area contributed by atoms with Crippen LogP contribution in [0.2, 0.25) is 0 Å². The molecule has 0 aliphatic rings. The predicted octanol–water partition coefficient (Wildman–Crippen LogP) is 4.46. The Kier molecular flexibility index (Phi) is 3.83. The standard InChI is InChI=1S/C18H17N3O/c19-17-10-9-16(12-18(17)22)21-15-8-4-7-14(11-15)20-13-5-2-1-3-6-13/h1-12,20-22H,19H2. The van der Waals surface area contributed by atoms with Crippen molar-refractivity contribution in [1.82, 2.24) is 0 Å². The van der Waals surface area contributed by atoms with Crippen molar-refractivity contribution in [3.63, 3.8) is 0 Å². The third-order valence-corrected chi connectivity index (χ3v) is 3.24. The van der Waals surface area contributed by atoms with Gasteiger partial charge in [0.25, 0.3) is 0 Å². The molecule has 0 heterocycles. The van der Waals surface area contributed by atoms with Gasteiger partial charge in [-0.15, -0.1) is 0 Å². The molecule has 4 heteroatoms. The van der Waals surface area contributed by atoms with E-state index in [4.69, 9.17) is 5.73 Å². The Labute approximate surface area is 129 Å². The molecule has 3 aromatic rings. The minimum absolute atomic E-state index is 0.0727. The van der Waals surface area contributed by atoms with Gasteiger partial charge in [0.15, 0.2) is 0 Å². The number of nitrogen functional groups attached to an aromatic ring is 1. The van der Waals surface area contributed by atoms with Gasteiger partial charge >= 0.3 is 0 Å². The van der Waals surface area contributed by atoms with Gasteiger partial charge in [0.05, 0.1) is 5.69 Å². The van der Waals surface area contributed by atoms with Crippen molar-refractivity contribution in [3.05, 3.63) is 72.8 Å². The van der Waals surface area contributed by atoms with E-state index in [0.29, 0.717) is 5.69 Å². The highest BCUT2D eigenvalue weighted by molar-refractivity contribution is 5.70. The summed E-state index contributed by atoms with van der Waals surface area (Å²) in [5.41, 5.74) is 9.69. The topological polar surface area (TPSA) is 70.3 Å². The molecular formula is C18H17N3O. The molecule has 0 aliphatic carbocycles. The second-order valence-electron chi connectivity index (χ2n) is 4.97. The summed E-state index contributed by atoms with van der Waals surface area (Å²) < 4.78 is 0. The van der Waals surface area contributed by atoms with Crippen LogP contribution in [0.1, 0.15) is 0 Å². The zero-order chi connectivity index (χ0) is 15.4. The first-order valence-corrected chi connectivity index (χ1v) is 6.98. The van der Waals surface area contributed by atoms with Gasteiger partial charge < -0.3 is 21.5 Å². The van der Waals surface area contributed by atoms with E-state index in [2.05, 4.69) is 10.6 Å². The third-order valence-electron chi connectivity index (χ3n) is 3.24. The molecule has 0 radical (unpaired) electrons. The molecule has 3 aromatic carbocycles. The van der Waals surface area contributed by atoms with E-state index < -0.39 is 0 Å². The SMILES string of the molecule is Nc1ccc(Nc2cccc(Nc3ccccc3)c2)cc1O. The van der Waals surface area contributed by atoms with Crippen LogP contribution >= 0.6 is 0 Å². The Balaban J connectivity index is 1.77. The van der Waals surface area contributed by atoms with Gasteiger partial charge in [-0.1, -0.05) is 24.3 Å². The van der Waals surface area contributed by atoms with Crippen molar-refractivity contribution in [2.24, 2.45) is 0 Å². The molecule has 5 N–H and O–H groups in total. The van der Waals surface area contributed by atoms with Gasteiger partial charge in [-0.05, 0) is 42.5 Å². The minimum atomic E-state index is 0.0727. The molecule has 0 fully saturated rings. The number of aromatic hydroxyl groups is 1. The van der Waals surface area contributed by atoms with Crippen LogP contribution in [-0.2, 0) is 0 Å². The Morgan fingerprint density at radius 2 is 1.23 bits per heavy atom. The fourth-order valence-corrected chi connectivity index (χ4v) is 2.15. The maximum Gasteiger partial charge on any atom is 0.140 e. The highest BCUT2D eigenvalue weighted by Gasteiger charge is 2.01. The molecular weight excluding hydrogens is 274 g/mol. The Morgan fingerprint density at radius 3 is 1.91 bits per heavy atom. The molecule has 3 rings (SSSR count). The van der Waals surface area contributed by atoms with Gasteiger partial charge in [0, 0.05) is 28.8 Å². The minimum Gasteiger partial charge on any atom is -0.506 e. The number of nitrogens with one attached hydrogen (secondary N) is 2. The first-order valence-electron chi connectivity index (χ1n) is 6.98. The number of benzene rings is 3. The van der Waals surface area contributed by atoms with E-state index >= 15 is 0 Å². The highest BCUT2D eigenvalue weighted by atomic mass is 16.3. The lowest BCUT2D eigenvalue weighted by Crippen LogP contribution is -1.94. The number of phenols is 1. The lowest BCUT2D eigenvalue weighted by Gasteiger charge is -2.11. The van der Waals surface area contributed by atoms with Crippen molar-refractivity contribution >= 4 is 28.4 Å². The molecule has 0 bridgehead atoms. The van der Waals surface area contributed by atoms with Crippen LogP contribution in [-0.4, -0.2) is 5.11 Å². The summed E-state index contributed by atoms with van der Waals surface area (Å²) in [6.07, 6.45) is 0. The van der Waals surface area contributed by atoms with Crippen molar-refractivity contribution in [2.75, 3.05) is 16.4 Å². The summed E-state index contributed by atoms with van der Waals surface area (Å²) in [4.78, 5) is 0. The van der Waals surface area contributed by atoms with E-state index in [0.717, 1.165) is 22.7 Å². The Morgan fingerprint density at radius 1 is 0.636 bits per heavy atom. The smallest absolute Gasteiger partial charge is 0.140 e. The second-order valence-corrected chi connectivity index (χ2v) is 4.97. The Bertz CT molecular complexity index is 772. The third kappa shape index (κ3) is 3.30. The molecule has 0 aliphatic heterocycles. The monoisotopic (exact) mass is 291 g/mol. The largest absolute Gasteiger partial charge is 0.506 e. The lowest BCUT2D eigenvalue weighted by atomic mass is 10.2. The molecule has 22 heavy (non-hydrogen) atoms. The number of anilines is 5. The van der Waals surface area contributed by atoms with Gasteiger partial charge in [0.2, 0.25) is 0 Å². The fraction of sp³-hybridized carbons (Fsp3) is 0. The number of phenolic OH excluding ortho intramolecular Hbond substituents is 1. The van der Waals surface area contributed by atoms with E-state index in [1.54, 1.807) is 12.1 Å². The summed E-state index contributed by atoms with van der Waals surface area (Å²) in [6.45, 7) is 0. The van der Waals surface area contributed by atoms with Crippen LogP contribution in [0.25, 0.3) is 0 Å². The fourth-order valence-electron chi connectivity index (χ4n) is 2.15. The zero-order valence-corrected chi connectivity index (χ0v) is 12.0. The van der Waals surface area contributed by atoms with Gasteiger partial charge in [-0.25, -0.2) is 0 Å². The molecule has 0 saturated carbocycles. The normalized spacial score (nSPS) is 10.2. The highest BCUT2D eigenvalue weighted by Crippen LogP contribution is 2.27. The molecule has 4 nitrogen and oxygen atoms in total. The van der Waals surface area contributed by atoms with Crippen LogP contribution in [0.5, 0.6) is 5.75 Å². The molecule has 110 valence electrons. The van der Waals surface area contributed by atoms with Crippen LogP contribution in [0.3, 0.4) is 0 Å². The molecule has 0 amide bonds. The molecule has 0 spiro atoms. The molecule has 0 aromatic heterocycles. The summed E-state index contributed by atoms with van der Waals surface area (Å²) in [6, 6.07) is 23.0. The number of nitrogens with two attached hydrogens (primary N) is 1. The van der Waals surface area contributed by atoms with Crippen molar-refractivity contribution < 1.29 is 5.11 Å². The molecule has 0 saturated heterocycles. The van der Waals surface area contributed by atoms with Crippen LogP contribution in [0.4, 0.5) is 28.4 Å². The maximum absolute atomic E-state index is 9.65. The van der Waals surface area contributed by atoms with Gasteiger partial charge in [0.1, 0.15) is 5.75 Å². The van der Waals surface area contributed by atoms with E-state index in [1.165, 1.54) is 0 Å². The molecule has 0 unspecified atom stereocenters. The molecule has 0 atom stereocenters. The van der Waals surface area contributed by atoms with Crippen LogP contribution in [0, 0.1) is 0 Å². The first kappa shape index (κ1) is 13.8. The average molecular weight is 291 g/mol. The van der Waals surface area contributed by atoms with Crippen molar-refractivity contribution in [2.45, 2.75) is 0 Å². The van der Waals surface area contributed by atoms with E-state index in [1.807, 2.05) is 60.7 Å². The average Bonchev–Trinajstić information content (AvgIpc) is 2.52. The number of hydrogen-bond donors (Lipinski definition) is 4. The van der Waals surface area contributed by atoms with E-state index in [9.17, 15) is 5.11 Å². The van der Waals surface area contributed by atoms with Crippen LogP contribution in [0.15, 0.2) is 72.8 Å². The quantitative estimate of drug-likeness (QED) is 0.423. The second kappa shape index (κ2) is 6.10. The van der Waals surface area contributed by atoms with Crippen molar-refractivity contribution in [1.29, 1.82) is 0 Å². The van der Waals surface area contributed by atoms with Crippen LogP contribution < -0.4 is 16.4 Å².